The quantitative estimate of drug-likeness (QED) is 0.150. The Kier molecular flexibility index (Phi) is 8.53. The van der Waals surface area contributed by atoms with E-state index < -0.39 is 0 Å². The minimum absolute atomic E-state index is 0.900. The van der Waals surface area contributed by atoms with Gasteiger partial charge < -0.3 is 9.32 Å². The lowest BCUT2D eigenvalue weighted by Crippen LogP contribution is -2.09. The summed E-state index contributed by atoms with van der Waals surface area (Å²) in [5.41, 5.74) is 14.6. The standard InChI is InChI=1S/C60H39NO/c1-2-11-47-39-48(24-23-40(47)9-1)43-21-19-41(20-22-43)42-25-32-49(33-26-42)61(51-36-29-46(30-37-51)54-15-8-18-59-60(54)57-13-5-6-17-58(57)62-59)50-34-27-45(28-35-50)53-14-7-16-55-52-12-4-3-10-44(52)31-38-56(53)55/h1-39H. The van der Waals surface area contributed by atoms with E-state index >= 15 is 0 Å². The van der Waals surface area contributed by atoms with E-state index in [2.05, 4.69) is 229 Å². The van der Waals surface area contributed by atoms with Crippen LogP contribution in [0.5, 0.6) is 0 Å². The number of para-hydroxylation sites is 1. The number of furan rings is 1. The monoisotopic (exact) mass is 789 g/mol. The fraction of sp³-hybridized carbons (Fsp3) is 0. The second-order valence-electron chi connectivity index (χ2n) is 16.1. The fourth-order valence-corrected chi connectivity index (χ4v) is 9.36. The highest BCUT2D eigenvalue weighted by Gasteiger charge is 2.17. The Morgan fingerprint density at radius 2 is 0.726 bits per heavy atom. The Balaban J connectivity index is 0.911. The molecule has 1 heterocycles. The maximum Gasteiger partial charge on any atom is 0.136 e. The van der Waals surface area contributed by atoms with Crippen LogP contribution in [0.25, 0.3) is 98.8 Å². The third kappa shape index (κ3) is 6.20. The molecule has 0 saturated heterocycles. The topological polar surface area (TPSA) is 16.4 Å². The molecule has 0 atom stereocenters. The molecule has 12 aromatic rings. The predicted octanol–water partition coefficient (Wildman–Crippen LogP) is 17.2. The van der Waals surface area contributed by atoms with E-state index in [4.69, 9.17) is 4.42 Å². The van der Waals surface area contributed by atoms with Crippen LogP contribution in [0.3, 0.4) is 0 Å². The molecule has 0 unspecified atom stereocenters. The van der Waals surface area contributed by atoms with Crippen LogP contribution < -0.4 is 4.90 Å². The zero-order valence-corrected chi connectivity index (χ0v) is 33.9. The van der Waals surface area contributed by atoms with E-state index in [-0.39, 0.29) is 0 Å². The van der Waals surface area contributed by atoms with Gasteiger partial charge in [0.1, 0.15) is 11.2 Å². The highest BCUT2D eigenvalue weighted by Crippen LogP contribution is 2.41. The molecule has 11 aromatic carbocycles. The van der Waals surface area contributed by atoms with Crippen LogP contribution in [0, 0.1) is 0 Å². The molecule has 2 nitrogen and oxygen atoms in total. The van der Waals surface area contributed by atoms with Gasteiger partial charge >= 0.3 is 0 Å². The molecule has 0 fully saturated rings. The van der Waals surface area contributed by atoms with Gasteiger partial charge in [-0.1, -0.05) is 182 Å². The zero-order chi connectivity index (χ0) is 41.0. The SMILES string of the molecule is c1ccc2cc(-c3ccc(-c4ccc(N(c5ccc(-c6cccc7c6ccc6ccccc67)cc5)c5ccc(-c6cccc7oc8ccccc8c67)cc5)cc4)cc3)ccc2c1. The van der Waals surface area contributed by atoms with Crippen LogP contribution in [0.4, 0.5) is 17.1 Å². The van der Waals surface area contributed by atoms with Crippen molar-refractivity contribution in [2.45, 2.75) is 0 Å². The molecule has 0 spiro atoms. The lowest BCUT2D eigenvalue weighted by atomic mass is 9.94. The number of nitrogens with zero attached hydrogens (tertiary/aromatic N) is 1. The summed E-state index contributed by atoms with van der Waals surface area (Å²) in [6, 6.07) is 85.5. The van der Waals surface area contributed by atoms with Gasteiger partial charge in [0.15, 0.2) is 0 Å². The molecule has 0 aliphatic carbocycles. The summed E-state index contributed by atoms with van der Waals surface area (Å²) in [5.74, 6) is 0. The van der Waals surface area contributed by atoms with E-state index in [1.807, 2.05) is 12.1 Å². The molecule has 0 amide bonds. The number of benzene rings is 11. The van der Waals surface area contributed by atoms with Gasteiger partial charge in [-0.2, -0.15) is 0 Å². The zero-order valence-electron chi connectivity index (χ0n) is 33.9. The Labute approximate surface area is 360 Å². The summed E-state index contributed by atoms with van der Waals surface area (Å²) >= 11 is 0. The maximum atomic E-state index is 6.25. The molecule has 0 radical (unpaired) electrons. The lowest BCUT2D eigenvalue weighted by Gasteiger charge is -2.26. The van der Waals surface area contributed by atoms with Gasteiger partial charge in [0, 0.05) is 27.8 Å². The van der Waals surface area contributed by atoms with Crippen LogP contribution in [-0.4, -0.2) is 0 Å². The Morgan fingerprint density at radius 3 is 1.44 bits per heavy atom. The van der Waals surface area contributed by atoms with Crippen LogP contribution in [0.2, 0.25) is 0 Å². The number of fused-ring (bicyclic) bond motifs is 7. The van der Waals surface area contributed by atoms with Crippen LogP contribution in [-0.2, 0) is 0 Å². The predicted molar refractivity (Wildman–Crippen MR) is 263 cm³/mol. The second-order valence-corrected chi connectivity index (χ2v) is 16.1. The summed E-state index contributed by atoms with van der Waals surface area (Å²) in [6.07, 6.45) is 0. The van der Waals surface area contributed by atoms with E-state index in [0.717, 1.165) is 50.1 Å². The summed E-state index contributed by atoms with van der Waals surface area (Å²) in [4.78, 5) is 2.35. The lowest BCUT2D eigenvalue weighted by molar-refractivity contribution is 0.669. The first-order valence-electron chi connectivity index (χ1n) is 21.2. The number of hydrogen-bond acceptors (Lipinski definition) is 2. The molecule has 0 bridgehead atoms. The third-order valence-electron chi connectivity index (χ3n) is 12.5. The second kappa shape index (κ2) is 14.8. The van der Waals surface area contributed by atoms with Gasteiger partial charge in [0.05, 0.1) is 0 Å². The molecule has 62 heavy (non-hydrogen) atoms. The number of rotatable bonds is 7. The van der Waals surface area contributed by atoms with Gasteiger partial charge in [-0.05, 0) is 131 Å². The van der Waals surface area contributed by atoms with Crippen molar-refractivity contribution in [3.63, 3.8) is 0 Å². The molecule has 290 valence electrons. The molecule has 2 heteroatoms. The molecule has 12 rings (SSSR count). The van der Waals surface area contributed by atoms with E-state index in [1.165, 1.54) is 65.7 Å². The fourth-order valence-electron chi connectivity index (χ4n) is 9.36. The number of hydrogen-bond donors (Lipinski definition) is 0. The van der Waals surface area contributed by atoms with Crippen molar-refractivity contribution >= 4 is 71.3 Å². The first kappa shape index (κ1) is 35.7. The van der Waals surface area contributed by atoms with Gasteiger partial charge in [-0.25, -0.2) is 0 Å². The molecule has 0 saturated carbocycles. The summed E-state index contributed by atoms with van der Waals surface area (Å²) in [7, 11) is 0. The van der Waals surface area contributed by atoms with Crippen LogP contribution in [0.15, 0.2) is 241 Å². The summed E-state index contributed by atoms with van der Waals surface area (Å²) in [5, 5.41) is 9.85. The van der Waals surface area contributed by atoms with Gasteiger partial charge in [0.25, 0.3) is 0 Å². The minimum Gasteiger partial charge on any atom is -0.456 e. The maximum absolute atomic E-state index is 6.25. The highest BCUT2D eigenvalue weighted by molar-refractivity contribution is 6.13. The van der Waals surface area contributed by atoms with Crippen molar-refractivity contribution in [1.82, 2.24) is 0 Å². The van der Waals surface area contributed by atoms with Crippen molar-refractivity contribution in [2.75, 3.05) is 4.90 Å². The Morgan fingerprint density at radius 1 is 0.258 bits per heavy atom. The first-order chi connectivity index (χ1) is 30.7. The molecule has 0 aliphatic rings. The smallest absolute Gasteiger partial charge is 0.136 e. The number of anilines is 3. The van der Waals surface area contributed by atoms with Gasteiger partial charge in [0.2, 0.25) is 0 Å². The molecular formula is C60H39NO. The van der Waals surface area contributed by atoms with E-state index in [1.54, 1.807) is 0 Å². The van der Waals surface area contributed by atoms with Crippen molar-refractivity contribution in [2.24, 2.45) is 0 Å². The molecule has 0 aliphatic heterocycles. The Hall–Kier alpha value is -8.20. The Bertz CT molecular complexity index is 3600. The highest BCUT2D eigenvalue weighted by atomic mass is 16.3. The molecular weight excluding hydrogens is 751 g/mol. The molecule has 0 N–H and O–H groups in total. The summed E-state index contributed by atoms with van der Waals surface area (Å²) < 4.78 is 6.25. The van der Waals surface area contributed by atoms with E-state index in [0.29, 0.717) is 0 Å². The van der Waals surface area contributed by atoms with Crippen LogP contribution >= 0.6 is 0 Å². The molecule has 1 aromatic heterocycles. The van der Waals surface area contributed by atoms with Crippen molar-refractivity contribution in [1.29, 1.82) is 0 Å². The van der Waals surface area contributed by atoms with Crippen molar-refractivity contribution in [3.8, 4) is 44.5 Å². The van der Waals surface area contributed by atoms with Crippen molar-refractivity contribution in [3.05, 3.63) is 237 Å². The minimum atomic E-state index is 0.900. The third-order valence-corrected chi connectivity index (χ3v) is 12.5. The van der Waals surface area contributed by atoms with E-state index in [9.17, 15) is 0 Å². The average Bonchev–Trinajstić information content (AvgIpc) is 3.74. The van der Waals surface area contributed by atoms with Crippen LogP contribution in [0.1, 0.15) is 0 Å². The summed E-state index contributed by atoms with van der Waals surface area (Å²) in [6.45, 7) is 0. The largest absolute Gasteiger partial charge is 0.456 e. The normalized spacial score (nSPS) is 11.5. The van der Waals surface area contributed by atoms with Crippen molar-refractivity contribution < 1.29 is 4.42 Å². The average molecular weight is 790 g/mol. The van der Waals surface area contributed by atoms with Gasteiger partial charge in [-0.3, -0.25) is 0 Å². The first-order valence-corrected chi connectivity index (χ1v) is 21.2. The van der Waals surface area contributed by atoms with Gasteiger partial charge in [-0.15, -0.1) is 0 Å².